The van der Waals surface area contributed by atoms with Crippen molar-refractivity contribution in [3.05, 3.63) is 89.1 Å². The summed E-state index contributed by atoms with van der Waals surface area (Å²) in [6.45, 7) is 3.12. The van der Waals surface area contributed by atoms with Crippen molar-refractivity contribution in [1.29, 1.82) is 0 Å². The molecule has 8 heteroatoms. The van der Waals surface area contributed by atoms with Crippen LogP contribution in [-0.4, -0.2) is 39.9 Å². The van der Waals surface area contributed by atoms with Gasteiger partial charge in [0, 0.05) is 37.0 Å². The molecule has 2 aromatic carbocycles. The molecular formula is C26H26FN5O2. The quantitative estimate of drug-likeness (QED) is 0.453. The maximum Gasteiger partial charge on any atom is 0.252 e. The average Bonchev–Trinajstić information content (AvgIpc) is 3.50. The van der Waals surface area contributed by atoms with E-state index in [4.69, 9.17) is 4.74 Å². The Kier molecular flexibility index (Phi) is 5.98. The highest BCUT2D eigenvalue weighted by Crippen LogP contribution is 2.25. The predicted molar refractivity (Wildman–Crippen MR) is 128 cm³/mol. The summed E-state index contributed by atoms with van der Waals surface area (Å²) < 4.78 is 21.4. The van der Waals surface area contributed by atoms with Crippen LogP contribution in [0.5, 0.6) is 0 Å². The van der Waals surface area contributed by atoms with E-state index in [0.29, 0.717) is 23.3 Å². The molecule has 0 radical (unpaired) electrons. The van der Waals surface area contributed by atoms with Crippen molar-refractivity contribution in [2.45, 2.75) is 25.4 Å². The number of ether oxygens (including phenoxy) is 1. The number of amides is 1. The molecule has 0 saturated carbocycles. The Balaban J connectivity index is 1.43. The first-order valence-electron chi connectivity index (χ1n) is 11.3. The van der Waals surface area contributed by atoms with Gasteiger partial charge in [0.25, 0.3) is 5.91 Å². The Labute approximate surface area is 197 Å². The largest absolute Gasteiger partial charge is 0.379 e. The van der Waals surface area contributed by atoms with Crippen molar-refractivity contribution in [2.24, 2.45) is 7.05 Å². The van der Waals surface area contributed by atoms with Gasteiger partial charge in [-0.1, -0.05) is 18.2 Å². The fraction of sp³-hybridized carbons (Fsp3) is 0.269. The lowest BCUT2D eigenvalue weighted by atomic mass is 10.0. The van der Waals surface area contributed by atoms with Crippen LogP contribution in [0.15, 0.2) is 60.9 Å². The number of carbonyl (C=O) groups excluding carboxylic acids is 1. The molecule has 2 atom stereocenters. The minimum Gasteiger partial charge on any atom is -0.379 e. The molecule has 0 spiro atoms. The highest BCUT2D eigenvalue weighted by atomic mass is 19.1. The molecule has 2 aromatic heterocycles. The number of aryl methyl sites for hydroxylation is 2. The second-order valence-electron chi connectivity index (χ2n) is 8.63. The summed E-state index contributed by atoms with van der Waals surface area (Å²) in [5.41, 5.74) is 2.46. The first-order valence-corrected chi connectivity index (χ1v) is 11.3. The standard InChI is InChI=1S/C26H26FN5O2/c1-16-3-4-17(12-22(16)27)25(23-7-9-29-32(23)2)31-26(33)18-5-6-19-14-28-24(13-20(19)11-18)30-21-8-10-34-15-21/h3-7,9,11-14,21,25H,8,10,15H2,1-2H3,(H,28,30)(H,31,33). The van der Waals surface area contributed by atoms with Crippen LogP contribution in [0.3, 0.4) is 0 Å². The zero-order chi connectivity index (χ0) is 23.7. The van der Waals surface area contributed by atoms with Gasteiger partial charge in [-0.2, -0.15) is 5.10 Å². The number of nitrogens with one attached hydrogen (secondary N) is 2. The minimum atomic E-state index is -0.553. The van der Waals surface area contributed by atoms with E-state index in [1.165, 1.54) is 6.07 Å². The van der Waals surface area contributed by atoms with Gasteiger partial charge in [-0.25, -0.2) is 9.37 Å². The second-order valence-corrected chi connectivity index (χ2v) is 8.63. The van der Waals surface area contributed by atoms with Gasteiger partial charge in [0.1, 0.15) is 11.6 Å². The molecular weight excluding hydrogens is 433 g/mol. The Morgan fingerprint density at radius 2 is 2.06 bits per heavy atom. The number of nitrogens with zero attached hydrogens (tertiary/aromatic N) is 3. The van der Waals surface area contributed by atoms with Gasteiger partial charge in [-0.15, -0.1) is 0 Å². The number of rotatable bonds is 6. The maximum atomic E-state index is 14.3. The van der Waals surface area contributed by atoms with E-state index in [-0.39, 0.29) is 17.8 Å². The van der Waals surface area contributed by atoms with E-state index < -0.39 is 6.04 Å². The Hall–Kier alpha value is -3.78. The molecule has 2 unspecified atom stereocenters. The molecule has 7 nitrogen and oxygen atoms in total. The zero-order valence-electron chi connectivity index (χ0n) is 19.1. The van der Waals surface area contributed by atoms with E-state index in [1.54, 1.807) is 43.2 Å². The zero-order valence-corrected chi connectivity index (χ0v) is 19.1. The van der Waals surface area contributed by atoms with E-state index in [1.807, 2.05) is 30.3 Å². The highest BCUT2D eigenvalue weighted by molar-refractivity contribution is 5.99. The van der Waals surface area contributed by atoms with Crippen molar-refractivity contribution >= 4 is 22.5 Å². The maximum absolute atomic E-state index is 14.3. The number of hydrogen-bond acceptors (Lipinski definition) is 5. The smallest absolute Gasteiger partial charge is 0.252 e. The predicted octanol–water partition coefficient (Wildman–Crippen LogP) is 4.14. The van der Waals surface area contributed by atoms with Crippen molar-refractivity contribution in [3.63, 3.8) is 0 Å². The lowest BCUT2D eigenvalue weighted by Crippen LogP contribution is -2.30. The topological polar surface area (TPSA) is 81.1 Å². The Morgan fingerprint density at radius 1 is 1.18 bits per heavy atom. The first-order chi connectivity index (χ1) is 16.5. The number of anilines is 1. The Morgan fingerprint density at radius 3 is 2.79 bits per heavy atom. The summed E-state index contributed by atoms with van der Waals surface area (Å²) in [7, 11) is 1.80. The van der Waals surface area contributed by atoms with Crippen LogP contribution >= 0.6 is 0 Å². The number of benzene rings is 2. The summed E-state index contributed by atoms with van der Waals surface area (Å²) >= 11 is 0. The molecule has 2 N–H and O–H groups in total. The van der Waals surface area contributed by atoms with E-state index in [2.05, 4.69) is 20.7 Å². The van der Waals surface area contributed by atoms with E-state index >= 15 is 0 Å². The number of halogens is 1. The third-order valence-electron chi connectivity index (χ3n) is 6.22. The normalized spacial score (nSPS) is 16.5. The Bertz CT molecular complexity index is 1350. The minimum absolute atomic E-state index is 0.242. The van der Waals surface area contributed by atoms with Crippen LogP contribution in [0.4, 0.5) is 10.2 Å². The first kappa shape index (κ1) is 22.0. The van der Waals surface area contributed by atoms with Crippen LogP contribution in [0.1, 0.15) is 39.6 Å². The van der Waals surface area contributed by atoms with Crippen LogP contribution in [-0.2, 0) is 11.8 Å². The molecule has 34 heavy (non-hydrogen) atoms. The summed E-state index contributed by atoms with van der Waals surface area (Å²) in [5.74, 6) is 0.179. The SMILES string of the molecule is Cc1ccc(C(NC(=O)c2ccc3cnc(NC4CCOC4)cc3c2)c2ccnn2C)cc1F. The molecule has 1 fully saturated rings. The van der Waals surface area contributed by atoms with Crippen molar-refractivity contribution in [2.75, 3.05) is 18.5 Å². The van der Waals surface area contributed by atoms with E-state index in [0.717, 1.165) is 35.3 Å². The molecule has 5 rings (SSSR count). The number of fused-ring (bicyclic) bond motifs is 1. The van der Waals surface area contributed by atoms with Crippen LogP contribution in [0.2, 0.25) is 0 Å². The number of pyridine rings is 1. The van der Waals surface area contributed by atoms with Crippen LogP contribution in [0, 0.1) is 12.7 Å². The van der Waals surface area contributed by atoms with Crippen molar-refractivity contribution < 1.29 is 13.9 Å². The molecule has 0 bridgehead atoms. The van der Waals surface area contributed by atoms with Crippen molar-refractivity contribution in [3.8, 4) is 0 Å². The lowest BCUT2D eigenvalue weighted by molar-refractivity contribution is 0.0942. The van der Waals surface area contributed by atoms with Crippen LogP contribution < -0.4 is 10.6 Å². The molecule has 1 aliphatic rings. The molecule has 1 amide bonds. The highest BCUT2D eigenvalue weighted by Gasteiger charge is 2.22. The molecule has 3 heterocycles. The molecule has 4 aromatic rings. The third kappa shape index (κ3) is 4.49. The van der Waals surface area contributed by atoms with E-state index in [9.17, 15) is 9.18 Å². The van der Waals surface area contributed by atoms with Crippen molar-refractivity contribution in [1.82, 2.24) is 20.1 Å². The summed E-state index contributed by atoms with van der Waals surface area (Å²) in [6.07, 6.45) is 4.39. The summed E-state index contributed by atoms with van der Waals surface area (Å²) in [6, 6.07) is 14.0. The summed E-state index contributed by atoms with van der Waals surface area (Å²) in [4.78, 5) is 17.8. The van der Waals surface area contributed by atoms with Gasteiger partial charge >= 0.3 is 0 Å². The van der Waals surface area contributed by atoms with Gasteiger partial charge < -0.3 is 15.4 Å². The fourth-order valence-electron chi connectivity index (χ4n) is 4.22. The molecule has 0 aliphatic carbocycles. The number of carbonyl (C=O) groups is 1. The third-order valence-corrected chi connectivity index (χ3v) is 6.22. The number of hydrogen-bond donors (Lipinski definition) is 2. The fourth-order valence-corrected chi connectivity index (χ4v) is 4.22. The summed E-state index contributed by atoms with van der Waals surface area (Å²) in [5, 5.41) is 12.5. The van der Waals surface area contributed by atoms with Gasteiger partial charge in [0.2, 0.25) is 0 Å². The van der Waals surface area contributed by atoms with Crippen LogP contribution in [0.25, 0.3) is 10.8 Å². The van der Waals surface area contributed by atoms with Gasteiger partial charge in [-0.3, -0.25) is 9.48 Å². The lowest BCUT2D eigenvalue weighted by Gasteiger charge is -2.20. The average molecular weight is 460 g/mol. The second kappa shape index (κ2) is 9.23. The van der Waals surface area contributed by atoms with Gasteiger partial charge in [-0.05, 0) is 60.2 Å². The molecule has 1 aliphatic heterocycles. The van der Waals surface area contributed by atoms with Gasteiger partial charge in [0.05, 0.1) is 24.4 Å². The number of aromatic nitrogens is 3. The molecule has 174 valence electrons. The monoisotopic (exact) mass is 459 g/mol. The molecule has 1 saturated heterocycles. The van der Waals surface area contributed by atoms with Gasteiger partial charge in [0.15, 0.2) is 0 Å².